The zero-order chi connectivity index (χ0) is 18.4. The summed E-state index contributed by atoms with van der Waals surface area (Å²) in [6.07, 6.45) is 2.49. The predicted octanol–water partition coefficient (Wildman–Crippen LogP) is 2.46. The Bertz CT molecular complexity index is 754. The highest BCUT2D eigenvalue weighted by Crippen LogP contribution is 2.10. The Morgan fingerprint density at radius 2 is 2.15 bits per heavy atom. The van der Waals surface area contributed by atoms with Crippen LogP contribution in [0.4, 0.5) is 0 Å². The highest BCUT2D eigenvalue weighted by atomic mass is 127. The number of guanidine groups is 1. The number of aromatic nitrogens is 3. The number of hydrogen-bond donors (Lipinski definition) is 2. The normalized spacial score (nSPS) is 16.9. The summed E-state index contributed by atoms with van der Waals surface area (Å²) in [4.78, 5) is 4.73. The van der Waals surface area contributed by atoms with Gasteiger partial charge in [-0.1, -0.05) is 29.8 Å². The third kappa shape index (κ3) is 6.46. The van der Waals surface area contributed by atoms with E-state index in [2.05, 4.69) is 52.0 Å². The first-order valence-electron chi connectivity index (χ1n) is 9.16. The van der Waals surface area contributed by atoms with E-state index in [9.17, 15) is 0 Å². The van der Waals surface area contributed by atoms with E-state index in [4.69, 9.17) is 9.73 Å². The number of ether oxygens (including phenoxy) is 1. The fourth-order valence-corrected chi connectivity index (χ4v) is 2.94. The molecule has 0 bridgehead atoms. The van der Waals surface area contributed by atoms with Crippen LogP contribution in [0.2, 0.25) is 0 Å². The molecule has 1 atom stereocenters. The molecule has 0 aliphatic carbocycles. The van der Waals surface area contributed by atoms with Crippen molar-refractivity contribution in [3.8, 4) is 0 Å². The van der Waals surface area contributed by atoms with Crippen LogP contribution in [-0.4, -0.2) is 40.0 Å². The highest BCUT2D eigenvalue weighted by Gasteiger charge is 2.16. The molecule has 0 amide bonds. The molecule has 1 aliphatic heterocycles. The molecule has 1 aromatic heterocycles. The maximum Gasteiger partial charge on any atom is 0.192 e. The topological polar surface area (TPSA) is 76.4 Å². The van der Waals surface area contributed by atoms with Gasteiger partial charge >= 0.3 is 0 Å². The average Bonchev–Trinajstić information content (AvgIpc) is 3.26. The van der Waals surface area contributed by atoms with Gasteiger partial charge in [0.25, 0.3) is 0 Å². The summed E-state index contributed by atoms with van der Waals surface area (Å²) in [5.41, 5.74) is 2.44. The second kappa shape index (κ2) is 10.6. The van der Waals surface area contributed by atoms with Gasteiger partial charge in [-0.05, 0) is 32.3 Å². The molecule has 0 spiro atoms. The van der Waals surface area contributed by atoms with Gasteiger partial charge in [0.1, 0.15) is 5.82 Å². The summed E-state index contributed by atoms with van der Waals surface area (Å²) in [5, 5.41) is 15.1. The van der Waals surface area contributed by atoms with Gasteiger partial charge in [-0.2, -0.15) is 0 Å². The van der Waals surface area contributed by atoms with Gasteiger partial charge in [-0.15, -0.1) is 34.2 Å². The van der Waals surface area contributed by atoms with Crippen LogP contribution in [0.25, 0.3) is 0 Å². The van der Waals surface area contributed by atoms with E-state index in [1.807, 2.05) is 18.5 Å². The number of aryl methyl sites for hydroxylation is 2. The third-order valence-corrected chi connectivity index (χ3v) is 4.62. The number of aliphatic imine (C=N–C) groups is 1. The molecule has 1 fully saturated rings. The van der Waals surface area contributed by atoms with Gasteiger partial charge in [-0.3, -0.25) is 0 Å². The monoisotopic (exact) mass is 484 g/mol. The Balaban J connectivity index is 0.00000261. The average molecular weight is 484 g/mol. The van der Waals surface area contributed by atoms with Crippen molar-refractivity contribution in [1.29, 1.82) is 0 Å². The molecule has 1 aliphatic rings. The summed E-state index contributed by atoms with van der Waals surface area (Å²) in [7, 11) is 1.97. The van der Waals surface area contributed by atoms with Crippen LogP contribution in [0.3, 0.4) is 0 Å². The summed E-state index contributed by atoms with van der Waals surface area (Å²) < 4.78 is 7.67. The number of nitrogens with one attached hydrogen (secondary N) is 2. The van der Waals surface area contributed by atoms with Crippen molar-refractivity contribution in [2.45, 2.75) is 45.9 Å². The lowest BCUT2D eigenvalue weighted by Crippen LogP contribution is -2.41. The minimum absolute atomic E-state index is 0. The van der Waals surface area contributed by atoms with Crippen molar-refractivity contribution < 1.29 is 4.74 Å². The molecule has 148 valence electrons. The molecule has 3 rings (SSSR count). The van der Waals surface area contributed by atoms with Crippen molar-refractivity contribution in [2.75, 3.05) is 13.2 Å². The Morgan fingerprint density at radius 1 is 1.30 bits per heavy atom. The molecule has 1 aromatic carbocycles. The SMILES string of the molecule is Cc1cccc(CN=C(NCc2nnc(C)n2C)NCC2CCCO2)c1.I. The molecule has 27 heavy (non-hydrogen) atoms. The number of nitrogens with zero attached hydrogens (tertiary/aromatic N) is 4. The van der Waals surface area contributed by atoms with Gasteiger partial charge in [0.2, 0.25) is 0 Å². The van der Waals surface area contributed by atoms with Crippen LogP contribution >= 0.6 is 24.0 Å². The lowest BCUT2D eigenvalue weighted by atomic mass is 10.1. The maximum absolute atomic E-state index is 5.70. The van der Waals surface area contributed by atoms with Crippen molar-refractivity contribution in [1.82, 2.24) is 25.4 Å². The Labute approximate surface area is 178 Å². The first-order valence-corrected chi connectivity index (χ1v) is 9.16. The Hall–Kier alpha value is -1.68. The van der Waals surface area contributed by atoms with E-state index >= 15 is 0 Å². The van der Waals surface area contributed by atoms with E-state index in [0.29, 0.717) is 13.1 Å². The molecule has 7 nitrogen and oxygen atoms in total. The van der Waals surface area contributed by atoms with Crippen molar-refractivity contribution in [3.05, 3.63) is 47.0 Å². The zero-order valence-corrected chi connectivity index (χ0v) is 18.6. The van der Waals surface area contributed by atoms with E-state index in [1.165, 1.54) is 11.1 Å². The second-order valence-electron chi connectivity index (χ2n) is 6.75. The molecule has 0 saturated carbocycles. The minimum atomic E-state index is 0. The van der Waals surface area contributed by atoms with Gasteiger partial charge in [-0.25, -0.2) is 4.99 Å². The molecular weight excluding hydrogens is 455 g/mol. The first-order chi connectivity index (χ1) is 12.6. The maximum atomic E-state index is 5.70. The molecule has 2 aromatic rings. The standard InChI is InChI=1S/C19H28N6O.HI/c1-14-6-4-7-16(10-14)11-20-19(21-12-17-8-5-9-26-17)22-13-18-24-23-15(2)25(18)3;/h4,6-7,10,17H,5,8-9,11-13H2,1-3H3,(H2,20,21,22);1H. The Morgan fingerprint density at radius 3 is 2.81 bits per heavy atom. The number of halogens is 1. The number of hydrogen-bond acceptors (Lipinski definition) is 4. The molecule has 1 unspecified atom stereocenters. The fraction of sp³-hybridized carbons (Fsp3) is 0.526. The smallest absolute Gasteiger partial charge is 0.192 e. The van der Waals surface area contributed by atoms with E-state index < -0.39 is 0 Å². The van der Waals surface area contributed by atoms with Crippen LogP contribution in [0.1, 0.15) is 35.6 Å². The van der Waals surface area contributed by atoms with Crippen molar-refractivity contribution >= 4 is 29.9 Å². The van der Waals surface area contributed by atoms with Gasteiger partial charge < -0.3 is 19.9 Å². The molecule has 2 heterocycles. The van der Waals surface area contributed by atoms with Crippen LogP contribution < -0.4 is 10.6 Å². The third-order valence-electron chi connectivity index (χ3n) is 4.62. The van der Waals surface area contributed by atoms with Crippen LogP contribution in [0, 0.1) is 13.8 Å². The highest BCUT2D eigenvalue weighted by molar-refractivity contribution is 14.0. The van der Waals surface area contributed by atoms with E-state index in [-0.39, 0.29) is 30.1 Å². The van der Waals surface area contributed by atoms with Crippen LogP contribution in [0.5, 0.6) is 0 Å². The summed E-state index contributed by atoms with van der Waals surface area (Å²) in [6, 6.07) is 8.42. The van der Waals surface area contributed by atoms with Gasteiger partial charge in [0.15, 0.2) is 11.8 Å². The molecule has 8 heteroatoms. The largest absolute Gasteiger partial charge is 0.376 e. The Kier molecular flexibility index (Phi) is 8.49. The number of benzene rings is 1. The lowest BCUT2D eigenvalue weighted by Gasteiger charge is -2.15. The summed E-state index contributed by atoms with van der Waals surface area (Å²) in [5.74, 6) is 2.54. The molecular formula is C19H29IN6O. The lowest BCUT2D eigenvalue weighted by molar-refractivity contribution is 0.113. The number of rotatable bonds is 6. The second-order valence-corrected chi connectivity index (χ2v) is 6.75. The minimum Gasteiger partial charge on any atom is -0.376 e. The molecule has 2 N–H and O–H groups in total. The van der Waals surface area contributed by atoms with E-state index in [0.717, 1.165) is 43.6 Å². The van der Waals surface area contributed by atoms with E-state index in [1.54, 1.807) is 0 Å². The summed E-state index contributed by atoms with van der Waals surface area (Å²) in [6.45, 7) is 6.85. The van der Waals surface area contributed by atoms with Gasteiger partial charge in [0, 0.05) is 20.2 Å². The van der Waals surface area contributed by atoms with Gasteiger partial charge in [0.05, 0.1) is 19.2 Å². The fourth-order valence-electron chi connectivity index (χ4n) is 2.94. The van der Waals surface area contributed by atoms with Crippen molar-refractivity contribution in [3.63, 3.8) is 0 Å². The molecule has 0 radical (unpaired) electrons. The van der Waals surface area contributed by atoms with Crippen LogP contribution in [-0.2, 0) is 24.9 Å². The first kappa shape index (κ1) is 21.6. The van der Waals surface area contributed by atoms with Crippen LogP contribution in [0.15, 0.2) is 29.3 Å². The van der Waals surface area contributed by atoms with Crippen molar-refractivity contribution in [2.24, 2.45) is 12.0 Å². The molecule has 1 saturated heterocycles. The quantitative estimate of drug-likeness (QED) is 0.375. The zero-order valence-electron chi connectivity index (χ0n) is 16.2. The predicted molar refractivity (Wildman–Crippen MR) is 117 cm³/mol. The summed E-state index contributed by atoms with van der Waals surface area (Å²) >= 11 is 0.